The number of likely N-dealkylation sites (tertiary alicyclic amines) is 1. The van der Waals surface area contributed by atoms with Crippen molar-refractivity contribution in [3.8, 4) is 0 Å². The molecule has 0 radical (unpaired) electrons. The van der Waals surface area contributed by atoms with E-state index in [4.69, 9.17) is 15.9 Å². The molecule has 1 rings (SSSR count). The minimum absolute atomic E-state index is 0.000772. The van der Waals surface area contributed by atoms with Gasteiger partial charge in [0.2, 0.25) is 5.91 Å². The fourth-order valence-electron chi connectivity index (χ4n) is 1.58. The topological polar surface area (TPSA) is 124 Å². The van der Waals surface area contributed by atoms with Gasteiger partial charge in [0.15, 0.2) is 0 Å². The van der Waals surface area contributed by atoms with E-state index in [0.717, 1.165) is 4.90 Å². The Hall–Kier alpha value is -1.18. The molecule has 0 saturated carbocycles. The summed E-state index contributed by atoms with van der Waals surface area (Å²) in [5.74, 6) is -1.83. The smallest absolute Gasteiger partial charge is 0.326 e. The van der Waals surface area contributed by atoms with Gasteiger partial charge in [-0.15, -0.1) is 0 Å². The summed E-state index contributed by atoms with van der Waals surface area (Å²) < 4.78 is 0. The van der Waals surface area contributed by atoms with Crippen molar-refractivity contribution >= 4 is 11.9 Å². The van der Waals surface area contributed by atoms with Crippen LogP contribution in [-0.4, -0.2) is 63.4 Å². The molecule has 0 aromatic rings. The number of hydrogen-bond acceptors (Lipinski definition) is 5. The number of nitrogens with two attached hydrogens (primary N) is 1. The van der Waals surface area contributed by atoms with Crippen LogP contribution in [0.15, 0.2) is 0 Å². The maximum Gasteiger partial charge on any atom is 0.326 e. The second-order valence-corrected chi connectivity index (χ2v) is 3.52. The van der Waals surface area contributed by atoms with Crippen LogP contribution < -0.4 is 5.73 Å². The number of carboxylic acids is 1. The first-order valence-electron chi connectivity index (χ1n) is 4.55. The molecule has 0 spiro atoms. The molecular formula is C8H14N2O5. The van der Waals surface area contributed by atoms with Crippen LogP contribution in [0.4, 0.5) is 0 Å². The highest BCUT2D eigenvalue weighted by Gasteiger charge is 2.40. The SMILES string of the molecule is N[C@@H](CO)C(=O)N1C[C@H](O)C[C@H]1C(=O)O. The van der Waals surface area contributed by atoms with Crippen LogP contribution >= 0.6 is 0 Å². The summed E-state index contributed by atoms with van der Waals surface area (Å²) in [6.45, 7) is -0.596. The zero-order valence-electron chi connectivity index (χ0n) is 8.04. The zero-order chi connectivity index (χ0) is 11.6. The molecule has 86 valence electrons. The number of aliphatic hydroxyl groups is 2. The van der Waals surface area contributed by atoms with Gasteiger partial charge < -0.3 is 26.0 Å². The lowest BCUT2D eigenvalue weighted by atomic mass is 10.2. The third-order valence-electron chi connectivity index (χ3n) is 2.36. The highest BCUT2D eigenvalue weighted by atomic mass is 16.4. The molecule has 0 aromatic heterocycles. The third kappa shape index (κ3) is 2.44. The number of aliphatic hydroxyl groups excluding tert-OH is 2. The van der Waals surface area contributed by atoms with Gasteiger partial charge in [-0.1, -0.05) is 0 Å². The Morgan fingerprint density at radius 3 is 2.60 bits per heavy atom. The zero-order valence-corrected chi connectivity index (χ0v) is 8.04. The lowest BCUT2D eigenvalue weighted by molar-refractivity contribution is -0.149. The van der Waals surface area contributed by atoms with Crippen LogP contribution in [0.3, 0.4) is 0 Å². The van der Waals surface area contributed by atoms with Crippen LogP contribution in [0.5, 0.6) is 0 Å². The first kappa shape index (κ1) is 11.9. The summed E-state index contributed by atoms with van der Waals surface area (Å²) in [5, 5.41) is 26.7. The van der Waals surface area contributed by atoms with E-state index >= 15 is 0 Å². The van der Waals surface area contributed by atoms with Crippen molar-refractivity contribution in [3.63, 3.8) is 0 Å². The Morgan fingerprint density at radius 1 is 1.53 bits per heavy atom. The second-order valence-electron chi connectivity index (χ2n) is 3.52. The number of nitrogens with zero attached hydrogens (tertiary/aromatic N) is 1. The number of carbonyl (C=O) groups is 2. The van der Waals surface area contributed by atoms with E-state index < -0.39 is 36.7 Å². The fourth-order valence-corrected chi connectivity index (χ4v) is 1.58. The maximum absolute atomic E-state index is 11.5. The van der Waals surface area contributed by atoms with Crippen molar-refractivity contribution in [1.82, 2.24) is 4.90 Å². The van der Waals surface area contributed by atoms with Crippen molar-refractivity contribution in [3.05, 3.63) is 0 Å². The molecular weight excluding hydrogens is 204 g/mol. The number of carbonyl (C=O) groups excluding carboxylic acids is 1. The number of aliphatic carboxylic acids is 1. The highest BCUT2D eigenvalue weighted by molar-refractivity contribution is 5.87. The molecule has 5 N–H and O–H groups in total. The van der Waals surface area contributed by atoms with Gasteiger partial charge in [-0.25, -0.2) is 4.79 Å². The van der Waals surface area contributed by atoms with Crippen molar-refractivity contribution < 1.29 is 24.9 Å². The molecule has 3 atom stereocenters. The fraction of sp³-hybridized carbons (Fsp3) is 0.750. The number of hydrogen-bond donors (Lipinski definition) is 4. The van der Waals surface area contributed by atoms with E-state index in [9.17, 15) is 14.7 Å². The van der Waals surface area contributed by atoms with E-state index in [1.807, 2.05) is 0 Å². The summed E-state index contributed by atoms with van der Waals surface area (Å²) >= 11 is 0. The van der Waals surface area contributed by atoms with Crippen molar-refractivity contribution in [2.75, 3.05) is 13.2 Å². The van der Waals surface area contributed by atoms with Gasteiger partial charge in [0.25, 0.3) is 0 Å². The van der Waals surface area contributed by atoms with Crippen LogP contribution in [0, 0.1) is 0 Å². The van der Waals surface area contributed by atoms with E-state index in [1.54, 1.807) is 0 Å². The first-order valence-corrected chi connectivity index (χ1v) is 4.55. The average molecular weight is 218 g/mol. The lowest BCUT2D eigenvalue weighted by Gasteiger charge is -2.23. The molecule has 7 nitrogen and oxygen atoms in total. The summed E-state index contributed by atoms with van der Waals surface area (Å²) in [5.41, 5.74) is 5.29. The molecule has 1 heterocycles. The minimum Gasteiger partial charge on any atom is -0.480 e. The van der Waals surface area contributed by atoms with Gasteiger partial charge in [-0.05, 0) is 0 Å². The van der Waals surface area contributed by atoms with Crippen molar-refractivity contribution in [2.24, 2.45) is 5.73 Å². The Bertz CT molecular complexity index is 270. The van der Waals surface area contributed by atoms with Gasteiger partial charge in [-0.3, -0.25) is 4.79 Å². The van der Waals surface area contributed by atoms with Gasteiger partial charge in [-0.2, -0.15) is 0 Å². The Morgan fingerprint density at radius 2 is 2.13 bits per heavy atom. The largest absolute Gasteiger partial charge is 0.480 e. The van der Waals surface area contributed by atoms with Crippen LogP contribution in [0.2, 0.25) is 0 Å². The summed E-state index contributed by atoms with van der Waals surface area (Å²) in [4.78, 5) is 23.3. The molecule has 0 aromatic carbocycles. The first-order chi connectivity index (χ1) is 6.97. The van der Waals surface area contributed by atoms with Crippen molar-refractivity contribution in [2.45, 2.75) is 24.6 Å². The molecule has 0 bridgehead atoms. The van der Waals surface area contributed by atoms with E-state index in [1.165, 1.54) is 0 Å². The third-order valence-corrected chi connectivity index (χ3v) is 2.36. The Labute approximate surface area is 86.1 Å². The van der Waals surface area contributed by atoms with E-state index in [-0.39, 0.29) is 13.0 Å². The molecule has 1 amide bonds. The molecule has 1 aliphatic heterocycles. The van der Waals surface area contributed by atoms with Crippen LogP contribution in [-0.2, 0) is 9.59 Å². The Kier molecular flexibility index (Phi) is 3.61. The Balaban J connectivity index is 2.75. The number of amides is 1. The van der Waals surface area contributed by atoms with E-state index in [0.29, 0.717) is 0 Å². The minimum atomic E-state index is -1.18. The van der Waals surface area contributed by atoms with Gasteiger partial charge in [0, 0.05) is 13.0 Å². The van der Waals surface area contributed by atoms with Gasteiger partial charge in [0.05, 0.1) is 12.7 Å². The molecule has 7 heteroatoms. The molecule has 1 saturated heterocycles. The summed E-state index contributed by atoms with van der Waals surface area (Å²) in [7, 11) is 0. The van der Waals surface area contributed by atoms with Crippen molar-refractivity contribution in [1.29, 1.82) is 0 Å². The molecule has 15 heavy (non-hydrogen) atoms. The molecule has 1 fully saturated rings. The highest BCUT2D eigenvalue weighted by Crippen LogP contribution is 2.18. The molecule has 0 unspecified atom stereocenters. The predicted octanol–water partition coefficient (Wildman–Crippen LogP) is -2.65. The lowest BCUT2D eigenvalue weighted by Crippen LogP contribution is -2.50. The quantitative estimate of drug-likeness (QED) is 0.410. The van der Waals surface area contributed by atoms with Gasteiger partial charge in [0.1, 0.15) is 12.1 Å². The predicted molar refractivity (Wildman–Crippen MR) is 48.8 cm³/mol. The van der Waals surface area contributed by atoms with Crippen LogP contribution in [0.25, 0.3) is 0 Å². The molecule has 1 aliphatic rings. The van der Waals surface area contributed by atoms with Crippen LogP contribution in [0.1, 0.15) is 6.42 Å². The average Bonchev–Trinajstić information content (AvgIpc) is 2.58. The number of β-amino-alcohol motifs (C(OH)–C–C–N with tert-alkyl or cyclic N) is 1. The number of rotatable bonds is 3. The maximum atomic E-state index is 11.5. The van der Waals surface area contributed by atoms with E-state index in [2.05, 4.69) is 0 Å². The second kappa shape index (κ2) is 4.56. The number of carboxylic acid groups (broad SMARTS) is 1. The standard InChI is InChI=1S/C8H14N2O5/c9-5(3-11)7(13)10-2-4(12)1-6(10)8(14)15/h4-6,11-12H,1-3,9H2,(H,14,15)/t4-,5+,6+/m1/s1. The molecule has 0 aliphatic carbocycles. The monoisotopic (exact) mass is 218 g/mol. The summed E-state index contributed by atoms with van der Waals surface area (Å²) in [6, 6.07) is -2.18. The summed E-state index contributed by atoms with van der Waals surface area (Å²) in [6.07, 6.45) is -0.847. The van der Waals surface area contributed by atoms with Gasteiger partial charge >= 0.3 is 5.97 Å². The normalized spacial score (nSPS) is 27.8.